The summed E-state index contributed by atoms with van der Waals surface area (Å²) in [5.41, 5.74) is -0.718. The second kappa shape index (κ2) is 5.44. The molecule has 1 N–H and O–H groups in total. The fourth-order valence-corrected chi connectivity index (χ4v) is 2.31. The fourth-order valence-electron chi connectivity index (χ4n) is 1.27. The number of carbonyl (C=O) groups is 1. The molecule has 6 heteroatoms. The standard InChI is InChI=1S/C11H11F3O2S/c1-7(5-10(15)16)17-9-4-2-3-8(6-9)11(12,13)14/h2-4,6-7H,5H2,1H3,(H,15,16). The average Bonchev–Trinajstić information content (AvgIpc) is 2.15. The number of thioether (sulfide) groups is 1. The van der Waals surface area contributed by atoms with Gasteiger partial charge in [-0.15, -0.1) is 11.8 Å². The lowest BCUT2D eigenvalue weighted by molar-refractivity contribution is -0.138. The molecule has 1 atom stereocenters. The van der Waals surface area contributed by atoms with Crippen LogP contribution in [0.25, 0.3) is 0 Å². The first kappa shape index (κ1) is 13.9. The highest BCUT2D eigenvalue weighted by Gasteiger charge is 2.30. The summed E-state index contributed by atoms with van der Waals surface area (Å²) in [6.45, 7) is 1.67. The number of hydrogen-bond donors (Lipinski definition) is 1. The lowest BCUT2D eigenvalue weighted by atomic mass is 10.2. The summed E-state index contributed by atoms with van der Waals surface area (Å²) in [7, 11) is 0. The SMILES string of the molecule is CC(CC(=O)O)Sc1cccc(C(F)(F)F)c1. The van der Waals surface area contributed by atoms with E-state index in [-0.39, 0.29) is 11.7 Å². The summed E-state index contributed by atoms with van der Waals surface area (Å²) < 4.78 is 37.2. The molecule has 1 rings (SSSR count). The maximum Gasteiger partial charge on any atom is 0.416 e. The third kappa shape index (κ3) is 4.68. The predicted octanol–water partition coefficient (Wildman–Crippen LogP) is 3.66. The normalized spacial score (nSPS) is 13.4. The smallest absolute Gasteiger partial charge is 0.416 e. The van der Waals surface area contributed by atoms with Crippen molar-refractivity contribution < 1.29 is 23.1 Å². The minimum Gasteiger partial charge on any atom is -0.481 e. The van der Waals surface area contributed by atoms with Crippen molar-refractivity contribution in [3.8, 4) is 0 Å². The summed E-state index contributed by atoms with van der Waals surface area (Å²) in [4.78, 5) is 10.9. The van der Waals surface area contributed by atoms with Crippen molar-refractivity contribution in [3.05, 3.63) is 29.8 Å². The van der Waals surface area contributed by atoms with Gasteiger partial charge in [-0.2, -0.15) is 13.2 Å². The quantitative estimate of drug-likeness (QED) is 0.843. The van der Waals surface area contributed by atoms with Crippen molar-refractivity contribution in [1.82, 2.24) is 0 Å². The molecule has 0 radical (unpaired) electrons. The topological polar surface area (TPSA) is 37.3 Å². The molecule has 0 aliphatic heterocycles. The van der Waals surface area contributed by atoms with Crippen LogP contribution in [-0.4, -0.2) is 16.3 Å². The first-order valence-corrected chi connectivity index (χ1v) is 5.72. The number of benzene rings is 1. The van der Waals surface area contributed by atoms with Gasteiger partial charge in [0.05, 0.1) is 12.0 Å². The van der Waals surface area contributed by atoms with Crippen LogP contribution < -0.4 is 0 Å². The lowest BCUT2D eigenvalue weighted by Crippen LogP contribution is -2.07. The van der Waals surface area contributed by atoms with Gasteiger partial charge in [0.1, 0.15) is 0 Å². The summed E-state index contributed by atoms with van der Waals surface area (Å²) in [5, 5.41) is 8.28. The summed E-state index contributed by atoms with van der Waals surface area (Å²) in [5.74, 6) is -0.961. The van der Waals surface area contributed by atoms with Crippen LogP contribution in [0.4, 0.5) is 13.2 Å². The van der Waals surface area contributed by atoms with Crippen LogP contribution in [0, 0.1) is 0 Å². The molecule has 0 aliphatic rings. The maximum absolute atomic E-state index is 12.4. The van der Waals surface area contributed by atoms with Gasteiger partial charge in [0, 0.05) is 10.1 Å². The third-order valence-electron chi connectivity index (χ3n) is 1.96. The Bertz CT molecular complexity index is 404. The molecule has 0 aromatic heterocycles. The van der Waals surface area contributed by atoms with Gasteiger partial charge >= 0.3 is 12.1 Å². The van der Waals surface area contributed by atoms with E-state index in [1.165, 1.54) is 12.1 Å². The number of carboxylic acid groups (broad SMARTS) is 1. The minimum atomic E-state index is -4.37. The molecule has 17 heavy (non-hydrogen) atoms. The van der Waals surface area contributed by atoms with Crippen molar-refractivity contribution in [2.24, 2.45) is 0 Å². The van der Waals surface area contributed by atoms with Gasteiger partial charge < -0.3 is 5.11 Å². The van der Waals surface area contributed by atoms with E-state index in [2.05, 4.69) is 0 Å². The van der Waals surface area contributed by atoms with Gasteiger partial charge in [-0.3, -0.25) is 4.79 Å². The van der Waals surface area contributed by atoms with E-state index in [4.69, 9.17) is 5.11 Å². The number of carboxylic acids is 1. The van der Waals surface area contributed by atoms with E-state index >= 15 is 0 Å². The largest absolute Gasteiger partial charge is 0.481 e. The Morgan fingerprint density at radius 1 is 1.47 bits per heavy atom. The second-order valence-corrected chi connectivity index (χ2v) is 5.06. The molecule has 2 nitrogen and oxygen atoms in total. The first-order valence-electron chi connectivity index (χ1n) is 4.85. The summed E-state index contributed by atoms with van der Waals surface area (Å²) in [6, 6.07) is 4.88. The molecule has 0 spiro atoms. The molecule has 0 heterocycles. The Morgan fingerprint density at radius 3 is 2.65 bits per heavy atom. The van der Waals surface area contributed by atoms with Gasteiger partial charge in [-0.25, -0.2) is 0 Å². The monoisotopic (exact) mass is 264 g/mol. The lowest BCUT2D eigenvalue weighted by Gasteiger charge is -2.11. The van der Waals surface area contributed by atoms with Crippen molar-refractivity contribution >= 4 is 17.7 Å². The average molecular weight is 264 g/mol. The molecular formula is C11H11F3O2S. The van der Waals surface area contributed by atoms with Crippen LogP contribution in [0.1, 0.15) is 18.9 Å². The van der Waals surface area contributed by atoms with Crippen LogP contribution in [-0.2, 0) is 11.0 Å². The molecule has 0 saturated carbocycles. The Kier molecular flexibility index (Phi) is 4.45. The molecule has 1 unspecified atom stereocenters. The van der Waals surface area contributed by atoms with Crippen LogP contribution in [0.5, 0.6) is 0 Å². The molecule has 0 bridgehead atoms. The highest BCUT2D eigenvalue weighted by molar-refractivity contribution is 8.00. The first-order chi connectivity index (χ1) is 7.79. The second-order valence-electron chi connectivity index (χ2n) is 3.55. The molecule has 0 amide bonds. The van der Waals surface area contributed by atoms with Crippen molar-refractivity contribution in [3.63, 3.8) is 0 Å². The highest BCUT2D eigenvalue weighted by atomic mass is 32.2. The Morgan fingerprint density at radius 2 is 2.12 bits per heavy atom. The van der Waals surface area contributed by atoms with Gasteiger partial charge in [-0.1, -0.05) is 13.0 Å². The van der Waals surface area contributed by atoms with E-state index in [0.29, 0.717) is 4.90 Å². The van der Waals surface area contributed by atoms with Crippen molar-refractivity contribution in [1.29, 1.82) is 0 Å². The Hall–Kier alpha value is -1.17. The number of hydrogen-bond acceptors (Lipinski definition) is 2. The third-order valence-corrected chi connectivity index (χ3v) is 3.06. The number of alkyl halides is 3. The Balaban J connectivity index is 2.76. The van der Waals surface area contributed by atoms with E-state index in [0.717, 1.165) is 23.9 Å². The molecule has 0 saturated heterocycles. The highest BCUT2D eigenvalue weighted by Crippen LogP contribution is 2.33. The molecular weight excluding hydrogens is 253 g/mol. The van der Waals surface area contributed by atoms with Crippen LogP contribution in [0.15, 0.2) is 29.2 Å². The van der Waals surface area contributed by atoms with Gasteiger partial charge in [0.25, 0.3) is 0 Å². The molecule has 0 fully saturated rings. The minimum absolute atomic E-state index is 0.0824. The van der Waals surface area contributed by atoms with Crippen LogP contribution in [0.2, 0.25) is 0 Å². The van der Waals surface area contributed by atoms with Crippen LogP contribution in [0.3, 0.4) is 0 Å². The van der Waals surface area contributed by atoms with Crippen molar-refractivity contribution in [2.45, 2.75) is 29.7 Å². The maximum atomic E-state index is 12.4. The molecule has 1 aromatic rings. The van der Waals surface area contributed by atoms with E-state index in [9.17, 15) is 18.0 Å². The predicted molar refractivity (Wildman–Crippen MR) is 59.0 cm³/mol. The van der Waals surface area contributed by atoms with Crippen molar-refractivity contribution in [2.75, 3.05) is 0 Å². The molecule has 0 aliphatic carbocycles. The zero-order chi connectivity index (χ0) is 13.1. The van der Waals surface area contributed by atoms with E-state index in [1.54, 1.807) is 6.92 Å². The summed E-state index contributed by atoms with van der Waals surface area (Å²) in [6.07, 6.45) is -4.45. The van der Waals surface area contributed by atoms with E-state index < -0.39 is 17.7 Å². The summed E-state index contributed by atoms with van der Waals surface area (Å²) >= 11 is 1.12. The fraction of sp³-hybridized carbons (Fsp3) is 0.364. The van der Waals surface area contributed by atoms with Crippen LogP contribution >= 0.6 is 11.8 Å². The number of halogens is 3. The van der Waals surface area contributed by atoms with Gasteiger partial charge in [0.2, 0.25) is 0 Å². The molecule has 94 valence electrons. The number of rotatable bonds is 4. The zero-order valence-electron chi connectivity index (χ0n) is 8.99. The van der Waals surface area contributed by atoms with E-state index in [1.807, 2.05) is 0 Å². The number of aliphatic carboxylic acids is 1. The Labute approximate surface area is 101 Å². The van der Waals surface area contributed by atoms with Gasteiger partial charge in [0.15, 0.2) is 0 Å². The van der Waals surface area contributed by atoms with Gasteiger partial charge in [-0.05, 0) is 18.2 Å². The zero-order valence-corrected chi connectivity index (χ0v) is 9.81. The molecule has 1 aromatic carbocycles.